The molecule has 1 N–H and O–H groups in total. The Morgan fingerprint density at radius 1 is 1.32 bits per heavy atom. The second kappa shape index (κ2) is 8.45. The molecule has 1 atom stereocenters. The van der Waals surface area contributed by atoms with Gasteiger partial charge in [-0.05, 0) is 36.2 Å². The van der Waals surface area contributed by atoms with E-state index < -0.39 is 0 Å². The first-order chi connectivity index (χ1) is 9.13. The summed E-state index contributed by atoms with van der Waals surface area (Å²) in [6.45, 7) is 7.97. The summed E-state index contributed by atoms with van der Waals surface area (Å²) in [4.78, 5) is 9.02. The van der Waals surface area contributed by atoms with Crippen LogP contribution in [0.3, 0.4) is 0 Å². The SMILES string of the molecule is CCCNc1nc(C(C)OCC)nc(COC)c1Br. The Kier molecular flexibility index (Phi) is 7.27. The van der Waals surface area contributed by atoms with E-state index in [0.29, 0.717) is 19.0 Å². The molecule has 6 heteroatoms. The summed E-state index contributed by atoms with van der Waals surface area (Å²) in [6, 6.07) is 0. The largest absolute Gasteiger partial charge is 0.378 e. The molecule has 0 amide bonds. The molecule has 1 rings (SSSR count). The van der Waals surface area contributed by atoms with Gasteiger partial charge in [-0.15, -0.1) is 0 Å². The molecule has 19 heavy (non-hydrogen) atoms. The third-order valence-electron chi connectivity index (χ3n) is 2.54. The summed E-state index contributed by atoms with van der Waals surface area (Å²) in [6.07, 6.45) is 0.905. The molecule has 0 spiro atoms. The lowest BCUT2D eigenvalue weighted by Crippen LogP contribution is -2.12. The van der Waals surface area contributed by atoms with Crippen molar-refractivity contribution in [3.05, 3.63) is 16.0 Å². The number of halogens is 1. The predicted molar refractivity (Wildman–Crippen MR) is 79.3 cm³/mol. The Balaban J connectivity index is 3.06. The minimum Gasteiger partial charge on any atom is -0.378 e. The molecule has 0 radical (unpaired) electrons. The van der Waals surface area contributed by atoms with Gasteiger partial charge in [0.15, 0.2) is 5.82 Å². The van der Waals surface area contributed by atoms with Crippen molar-refractivity contribution < 1.29 is 9.47 Å². The minimum atomic E-state index is -0.129. The van der Waals surface area contributed by atoms with Gasteiger partial charge >= 0.3 is 0 Å². The molecular formula is C13H22BrN3O2. The quantitative estimate of drug-likeness (QED) is 0.791. The maximum Gasteiger partial charge on any atom is 0.159 e. The Bertz CT molecular complexity index is 402. The van der Waals surface area contributed by atoms with Crippen molar-refractivity contribution in [2.45, 2.75) is 39.9 Å². The first-order valence-corrected chi connectivity index (χ1v) is 7.34. The van der Waals surface area contributed by atoms with Crippen LogP contribution in [0.2, 0.25) is 0 Å². The number of hydrogen-bond donors (Lipinski definition) is 1. The zero-order valence-corrected chi connectivity index (χ0v) is 13.6. The lowest BCUT2D eigenvalue weighted by Gasteiger charge is -2.16. The first kappa shape index (κ1) is 16.3. The van der Waals surface area contributed by atoms with Crippen LogP contribution in [0.15, 0.2) is 4.47 Å². The number of methoxy groups -OCH3 is 1. The third kappa shape index (κ3) is 4.71. The van der Waals surface area contributed by atoms with Gasteiger partial charge in [0.1, 0.15) is 11.9 Å². The highest BCUT2D eigenvalue weighted by molar-refractivity contribution is 9.10. The van der Waals surface area contributed by atoms with Gasteiger partial charge in [0, 0.05) is 20.3 Å². The molecule has 108 valence electrons. The van der Waals surface area contributed by atoms with E-state index in [-0.39, 0.29) is 6.10 Å². The van der Waals surface area contributed by atoms with Gasteiger partial charge in [-0.3, -0.25) is 0 Å². The minimum absolute atomic E-state index is 0.129. The van der Waals surface area contributed by atoms with E-state index in [1.807, 2.05) is 13.8 Å². The number of nitrogens with one attached hydrogen (secondary N) is 1. The lowest BCUT2D eigenvalue weighted by molar-refractivity contribution is 0.0695. The smallest absolute Gasteiger partial charge is 0.159 e. The van der Waals surface area contributed by atoms with E-state index in [9.17, 15) is 0 Å². The normalized spacial score (nSPS) is 12.5. The van der Waals surface area contributed by atoms with Crippen LogP contribution in [-0.2, 0) is 16.1 Å². The van der Waals surface area contributed by atoms with E-state index in [1.54, 1.807) is 7.11 Å². The highest BCUT2D eigenvalue weighted by Gasteiger charge is 2.16. The van der Waals surface area contributed by atoms with E-state index in [2.05, 4.69) is 38.1 Å². The molecule has 0 bridgehead atoms. The Hall–Kier alpha value is -0.720. The van der Waals surface area contributed by atoms with E-state index in [0.717, 1.165) is 29.0 Å². The van der Waals surface area contributed by atoms with Crippen LogP contribution >= 0.6 is 15.9 Å². The molecule has 1 aromatic rings. The van der Waals surface area contributed by atoms with Gasteiger partial charge in [-0.2, -0.15) is 0 Å². The third-order valence-corrected chi connectivity index (χ3v) is 3.37. The zero-order valence-electron chi connectivity index (χ0n) is 12.0. The first-order valence-electron chi connectivity index (χ1n) is 6.54. The van der Waals surface area contributed by atoms with Crippen LogP contribution in [0, 0.1) is 0 Å². The van der Waals surface area contributed by atoms with Gasteiger partial charge in [0.2, 0.25) is 0 Å². The molecule has 5 nitrogen and oxygen atoms in total. The molecule has 0 saturated heterocycles. The summed E-state index contributed by atoms with van der Waals surface area (Å²) in [5.74, 6) is 1.47. The number of nitrogens with zero attached hydrogens (tertiary/aromatic N) is 2. The van der Waals surface area contributed by atoms with Crippen LogP contribution in [0.1, 0.15) is 44.8 Å². The maximum atomic E-state index is 5.55. The average Bonchev–Trinajstić information content (AvgIpc) is 2.40. The van der Waals surface area contributed by atoms with Crippen molar-refractivity contribution in [1.82, 2.24) is 9.97 Å². The highest BCUT2D eigenvalue weighted by atomic mass is 79.9. The summed E-state index contributed by atoms with van der Waals surface area (Å²) in [7, 11) is 1.65. The van der Waals surface area contributed by atoms with Gasteiger partial charge in [-0.25, -0.2) is 9.97 Å². The lowest BCUT2D eigenvalue weighted by atomic mass is 10.3. The van der Waals surface area contributed by atoms with Crippen LogP contribution < -0.4 is 5.32 Å². The van der Waals surface area contributed by atoms with Crippen LogP contribution in [-0.4, -0.2) is 30.2 Å². The van der Waals surface area contributed by atoms with Crippen molar-refractivity contribution in [3.8, 4) is 0 Å². The second-order valence-electron chi connectivity index (χ2n) is 4.15. The summed E-state index contributed by atoms with van der Waals surface area (Å²) >= 11 is 3.53. The Morgan fingerprint density at radius 2 is 2.05 bits per heavy atom. The number of hydrogen-bond acceptors (Lipinski definition) is 5. The fraction of sp³-hybridized carbons (Fsp3) is 0.692. The fourth-order valence-corrected chi connectivity index (χ4v) is 2.04. The van der Waals surface area contributed by atoms with Crippen molar-refractivity contribution >= 4 is 21.7 Å². The van der Waals surface area contributed by atoms with Gasteiger partial charge < -0.3 is 14.8 Å². The second-order valence-corrected chi connectivity index (χ2v) is 4.94. The summed E-state index contributed by atoms with van der Waals surface area (Å²) in [5.41, 5.74) is 0.831. The monoisotopic (exact) mass is 331 g/mol. The molecule has 0 aliphatic carbocycles. The molecule has 1 aromatic heterocycles. The molecule has 1 unspecified atom stereocenters. The predicted octanol–water partition coefficient (Wildman–Crippen LogP) is 3.30. The molecule has 1 heterocycles. The van der Waals surface area contributed by atoms with E-state index in [4.69, 9.17) is 9.47 Å². The Morgan fingerprint density at radius 3 is 2.63 bits per heavy atom. The van der Waals surface area contributed by atoms with Crippen molar-refractivity contribution in [1.29, 1.82) is 0 Å². The molecule has 0 aliphatic heterocycles. The Labute approximate surface area is 123 Å². The van der Waals surface area contributed by atoms with Gasteiger partial charge in [0.25, 0.3) is 0 Å². The van der Waals surface area contributed by atoms with Crippen LogP contribution in [0.4, 0.5) is 5.82 Å². The molecular weight excluding hydrogens is 310 g/mol. The van der Waals surface area contributed by atoms with Crippen LogP contribution in [0.5, 0.6) is 0 Å². The number of ether oxygens (including phenoxy) is 2. The summed E-state index contributed by atoms with van der Waals surface area (Å²) in [5, 5.41) is 3.29. The van der Waals surface area contributed by atoms with Crippen LogP contribution in [0.25, 0.3) is 0 Å². The summed E-state index contributed by atoms with van der Waals surface area (Å²) < 4.78 is 11.6. The van der Waals surface area contributed by atoms with Crippen molar-refractivity contribution in [2.75, 3.05) is 25.6 Å². The molecule has 0 aliphatic rings. The fourth-order valence-electron chi connectivity index (χ4n) is 1.61. The number of aromatic nitrogens is 2. The van der Waals surface area contributed by atoms with E-state index >= 15 is 0 Å². The van der Waals surface area contributed by atoms with Crippen molar-refractivity contribution in [2.24, 2.45) is 0 Å². The highest BCUT2D eigenvalue weighted by Crippen LogP contribution is 2.26. The topological polar surface area (TPSA) is 56.3 Å². The number of anilines is 1. The number of rotatable bonds is 8. The average molecular weight is 332 g/mol. The molecule has 0 aromatic carbocycles. The maximum absolute atomic E-state index is 5.55. The van der Waals surface area contributed by atoms with E-state index in [1.165, 1.54) is 0 Å². The molecule has 0 fully saturated rings. The standard InChI is InChI=1S/C13H22BrN3O2/c1-5-7-15-13-11(14)10(8-18-4)16-12(17-13)9(3)19-6-2/h9H,5-8H2,1-4H3,(H,15,16,17). The van der Waals surface area contributed by atoms with Gasteiger partial charge in [0.05, 0.1) is 16.8 Å². The molecule has 0 saturated carbocycles. The van der Waals surface area contributed by atoms with Gasteiger partial charge in [-0.1, -0.05) is 6.92 Å². The zero-order chi connectivity index (χ0) is 14.3. The van der Waals surface area contributed by atoms with Crippen molar-refractivity contribution in [3.63, 3.8) is 0 Å².